The van der Waals surface area contributed by atoms with Gasteiger partial charge in [0.05, 0.1) is 33.4 Å². The highest BCUT2D eigenvalue weighted by Gasteiger charge is 2.38. The average Bonchev–Trinajstić information content (AvgIpc) is 4.24. The van der Waals surface area contributed by atoms with Gasteiger partial charge in [0.25, 0.3) is 0 Å². The molecule has 0 N–H and O–H groups in total. The molecule has 0 amide bonds. The van der Waals surface area contributed by atoms with Crippen LogP contribution in [0, 0.1) is 0 Å². The highest BCUT2D eigenvalue weighted by Crippen LogP contribution is 2.53. The summed E-state index contributed by atoms with van der Waals surface area (Å²) >= 11 is 0. The first-order valence-electron chi connectivity index (χ1n) is 27.4. The molecule has 4 aromatic heterocycles. The first kappa shape index (κ1) is 46.0. The van der Waals surface area contributed by atoms with Crippen LogP contribution >= 0.6 is 0 Å². The maximum Gasteiger partial charge on any atom is 0.164 e. The van der Waals surface area contributed by atoms with E-state index < -0.39 is 0 Å². The molecule has 6 heterocycles. The van der Waals surface area contributed by atoms with Crippen LogP contribution in [0.15, 0.2) is 231 Å². The number of benzene rings is 10. The number of nitrogens with zero attached hydrogens (tertiary/aromatic N) is 8. The molecule has 16 rings (SSSR count). The van der Waals surface area contributed by atoms with Gasteiger partial charge in [-0.1, -0.05) is 185 Å². The van der Waals surface area contributed by atoms with Gasteiger partial charge in [0.1, 0.15) is 0 Å². The van der Waals surface area contributed by atoms with E-state index in [0.29, 0.717) is 34.9 Å². The summed E-state index contributed by atoms with van der Waals surface area (Å²) in [5.74, 6) is 3.79. The Labute approximate surface area is 462 Å². The Morgan fingerprint density at radius 1 is 0.250 bits per heavy atom. The lowest BCUT2D eigenvalue weighted by atomic mass is 9.72. The average molecular weight is 1030 g/mol. The molecule has 80 heavy (non-hydrogen) atoms. The Bertz CT molecular complexity index is 4440. The maximum absolute atomic E-state index is 5.20. The summed E-state index contributed by atoms with van der Waals surface area (Å²) in [6.45, 7) is 9.53. The van der Waals surface area contributed by atoms with Gasteiger partial charge in [-0.15, -0.1) is 0 Å². The van der Waals surface area contributed by atoms with E-state index >= 15 is 0 Å². The topological polar surface area (TPSA) is 87.2 Å². The zero-order valence-electron chi connectivity index (χ0n) is 44.5. The lowest BCUT2D eigenvalue weighted by Gasteiger charge is -2.36. The molecule has 8 heteroatoms. The van der Waals surface area contributed by atoms with Crippen LogP contribution in [0.5, 0.6) is 0 Å². The van der Waals surface area contributed by atoms with Gasteiger partial charge in [0, 0.05) is 65.8 Å². The fourth-order valence-corrected chi connectivity index (χ4v) is 12.9. The van der Waals surface area contributed by atoms with E-state index in [-0.39, 0.29) is 10.8 Å². The molecule has 0 unspecified atom stereocenters. The van der Waals surface area contributed by atoms with Gasteiger partial charge in [-0.2, -0.15) is 0 Å². The van der Waals surface area contributed by atoms with E-state index in [9.17, 15) is 0 Å². The third-order valence-corrected chi connectivity index (χ3v) is 17.0. The first-order chi connectivity index (χ1) is 39.2. The molecular formula is C72H50N8. The summed E-state index contributed by atoms with van der Waals surface area (Å²) in [6.07, 6.45) is 0. The Morgan fingerprint density at radius 3 is 0.875 bits per heavy atom. The van der Waals surface area contributed by atoms with E-state index in [4.69, 9.17) is 29.9 Å². The Kier molecular flexibility index (Phi) is 9.86. The monoisotopic (exact) mass is 1030 g/mol. The minimum atomic E-state index is -0.329. The second-order valence-corrected chi connectivity index (χ2v) is 22.3. The molecule has 378 valence electrons. The number of aromatic nitrogens is 8. The maximum atomic E-state index is 5.20. The van der Waals surface area contributed by atoms with Crippen molar-refractivity contribution in [3.05, 3.63) is 253 Å². The summed E-state index contributed by atoms with van der Waals surface area (Å²) in [6, 6.07) is 81.9. The Balaban J connectivity index is 0.948. The normalized spacial score (nSPS) is 13.7. The standard InChI is InChI=1S/C72H50N8/c1-71(2)55-29-17-19-31-61(55)79-59-35-33-47(69-75-65(43-21-9-5-10-22-43)73-66(76-69)44-23-11-6-12-24-44)37-51(59)53-39-49(41-57(71)63(53)79)50-40-54-52-38-48(34-36-60(52)80-62-32-20-18-30-56(62)72(3,4)58(42-50)64(54)80)70-77-67(45-25-13-7-14-26-45)74-68(78-70)46-27-15-8-16-28-46/h5-42H,1-4H3. The predicted octanol–water partition coefficient (Wildman–Crippen LogP) is 17.2. The van der Waals surface area contributed by atoms with Gasteiger partial charge in [0.2, 0.25) is 0 Å². The van der Waals surface area contributed by atoms with Crippen LogP contribution in [0.1, 0.15) is 49.9 Å². The molecular weight excluding hydrogens is 977 g/mol. The lowest BCUT2D eigenvalue weighted by Crippen LogP contribution is -2.26. The predicted molar refractivity (Wildman–Crippen MR) is 324 cm³/mol. The van der Waals surface area contributed by atoms with Crippen molar-refractivity contribution in [2.75, 3.05) is 0 Å². The second kappa shape index (κ2) is 17.2. The van der Waals surface area contributed by atoms with Crippen molar-refractivity contribution in [3.8, 4) is 90.8 Å². The molecule has 0 atom stereocenters. The second-order valence-electron chi connectivity index (χ2n) is 22.3. The van der Waals surface area contributed by atoms with E-state index in [1.54, 1.807) is 0 Å². The zero-order chi connectivity index (χ0) is 53.4. The van der Waals surface area contributed by atoms with Crippen molar-refractivity contribution in [1.29, 1.82) is 0 Å². The Morgan fingerprint density at radius 2 is 0.537 bits per heavy atom. The fraction of sp³-hybridized carbons (Fsp3) is 0.0833. The lowest BCUT2D eigenvalue weighted by molar-refractivity contribution is 0.629. The molecule has 0 spiro atoms. The van der Waals surface area contributed by atoms with Gasteiger partial charge in [-0.3, -0.25) is 0 Å². The molecule has 10 aromatic carbocycles. The number of para-hydroxylation sites is 2. The smallest absolute Gasteiger partial charge is 0.164 e. The van der Waals surface area contributed by atoms with Crippen LogP contribution in [0.25, 0.3) is 134 Å². The summed E-state index contributed by atoms with van der Waals surface area (Å²) in [5, 5.41) is 4.63. The van der Waals surface area contributed by atoms with Gasteiger partial charge in [-0.05, 0) is 106 Å². The van der Waals surface area contributed by atoms with Crippen LogP contribution in [0.2, 0.25) is 0 Å². The molecule has 2 aliphatic heterocycles. The van der Waals surface area contributed by atoms with E-state index in [1.807, 2.05) is 72.8 Å². The van der Waals surface area contributed by atoms with E-state index in [0.717, 1.165) is 66.3 Å². The van der Waals surface area contributed by atoms with Crippen LogP contribution in [0.4, 0.5) is 0 Å². The molecule has 0 radical (unpaired) electrons. The van der Waals surface area contributed by atoms with Crippen molar-refractivity contribution >= 4 is 43.6 Å². The van der Waals surface area contributed by atoms with Crippen molar-refractivity contribution in [2.45, 2.75) is 38.5 Å². The third-order valence-electron chi connectivity index (χ3n) is 17.0. The van der Waals surface area contributed by atoms with Crippen LogP contribution in [-0.2, 0) is 10.8 Å². The quantitative estimate of drug-likeness (QED) is 0.158. The Hall–Kier alpha value is -10.2. The minimum Gasteiger partial charge on any atom is -0.309 e. The van der Waals surface area contributed by atoms with Gasteiger partial charge >= 0.3 is 0 Å². The van der Waals surface area contributed by atoms with Crippen molar-refractivity contribution in [1.82, 2.24) is 39.0 Å². The molecule has 0 bridgehead atoms. The molecule has 0 aliphatic carbocycles. The van der Waals surface area contributed by atoms with Crippen molar-refractivity contribution in [3.63, 3.8) is 0 Å². The third kappa shape index (κ3) is 6.88. The summed E-state index contributed by atoms with van der Waals surface area (Å²) in [7, 11) is 0. The molecule has 8 nitrogen and oxygen atoms in total. The molecule has 2 aliphatic rings. The van der Waals surface area contributed by atoms with Crippen LogP contribution in [0.3, 0.4) is 0 Å². The van der Waals surface area contributed by atoms with E-state index in [2.05, 4.69) is 195 Å². The van der Waals surface area contributed by atoms with Crippen molar-refractivity contribution < 1.29 is 0 Å². The largest absolute Gasteiger partial charge is 0.309 e. The highest BCUT2D eigenvalue weighted by atomic mass is 15.1. The molecule has 0 saturated heterocycles. The summed E-state index contributed by atoms with van der Waals surface area (Å²) in [5.41, 5.74) is 19.5. The highest BCUT2D eigenvalue weighted by molar-refractivity contribution is 6.16. The summed E-state index contributed by atoms with van der Waals surface area (Å²) in [4.78, 5) is 30.9. The molecule has 0 fully saturated rings. The minimum absolute atomic E-state index is 0.329. The van der Waals surface area contributed by atoms with Crippen LogP contribution < -0.4 is 0 Å². The fourth-order valence-electron chi connectivity index (χ4n) is 12.9. The number of hydrogen-bond donors (Lipinski definition) is 0. The number of rotatable bonds is 7. The SMILES string of the molecule is CC1(C)c2ccccc2-n2c3ccc(-c4nc(-c5ccccc5)nc(-c5ccccc5)n4)cc3c3cc(-c4cc5c6c(c4)c4cc(-c7nc(-c8ccccc8)nc(-c8ccccc8)n7)ccc4n6-c4ccccc4C5(C)C)cc1c32. The van der Waals surface area contributed by atoms with E-state index in [1.165, 1.54) is 55.4 Å². The molecule has 0 saturated carbocycles. The summed E-state index contributed by atoms with van der Waals surface area (Å²) < 4.78 is 4.98. The number of hydrogen-bond acceptors (Lipinski definition) is 6. The number of fused-ring (bicyclic) bond motifs is 10. The van der Waals surface area contributed by atoms with Gasteiger partial charge < -0.3 is 9.13 Å². The van der Waals surface area contributed by atoms with Gasteiger partial charge in [-0.25, -0.2) is 29.9 Å². The van der Waals surface area contributed by atoms with Crippen molar-refractivity contribution in [2.24, 2.45) is 0 Å². The first-order valence-corrected chi connectivity index (χ1v) is 27.4. The molecule has 14 aromatic rings. The van der Waals surface area contributed by atoms with Gasteiger partial charge in [0.15, 0.2) is 34.9 Å². The zero-order valence-corrected chi connectivity index (χ0v) is 44.5. The van der Waals surface area contributed by atoms with Crippen LogP contribution in [-0.4, -0.2) is 39.0 Å².